The van der Waals surface area contributed by atoms with Gasteiger partial charge in [0.2, 0.25) is 0 Å². The Hall–Kier alpha value is -0.540. The van der Waals surface area contributed by atoms with Gasteiger partial charge in [-0.25, -0.2) is 0 Å². The van der Waals surface area contributed by atoms with Gasteiger partial charge in [-0.1, -0.05) is 41.9 Å². The fraction of sp³-hybridized carbons (Fsp3) is 0.300. The van der Waals surface area contributed by atoms with E-state index in [1.54, 1.807) is 17.3 Å². The average molecular weight is 213 g/mol. The number of thiocarbonyl (C=S) groups is 1. The molecule has 0 aliphatic rings. The Kier molecular flexibility index (Phi) is 9.15. The van der Waals surface area contributed by atoms with Crippen molar-refractivity contribution in [2.24, 2.45) is 0 Å². The Morgan fingerprint density at radius 2 is 2.23 bits per heavy atom. The molecule has 0 fully saturated rings. The Morgan fingerprint density at radius 1 is 1.46 bits per heavy atom. The largest absolute Gasteiger partial charge is 0.337 e. The van der Waals surface area contributed by atoms with Gasteiger partial charge in [-0.3, -0.25) is 0 Å². The highest BCUT2D eigenvalue weighted by molar-refractivity contribution is 7.97. The Bertz CT molecular complexity index is 207. The van der Waals surface area contributed by atoms with E-state index >= 15 is 0 Å². The number of rotatable bonds is 7. The molecule has 0 aromatic rings. The maximum atomic E-state index is 4.62. The lowest BCUT2D eigenvalue weighted by Gasteiger charge is -1.98. The van der Waals surface area contributed by atoms with Crippen molar-refractivity contribution in [3.8, 4) is 0 Å². The molecule has 1 N–H and O–H groups in total. The molecule has 13 heavy (non-hydrogen) atoms. The van der Waals surface area contributed by atoms with Crippen LogP contribution in [0.4, 0.5) is 0 Å². The molecular formula is C10H15NS2. The third kappa shape index (κ3) is 11.5. The predicted octanol–water partition coefficient (Wildman–Crippen LogP) is 3.26. The fourth-order valence-corrected chi connectivity index (χ4v) is 1.37. The summed E-state index contributed by atoms with van der Waals surface area (Å²) in [5, 5.41) is 1.58. The van der Waals surface area contributed by atoms with E-state index < -0.39 is 0 Å². The molecule has 72 valence electrons. The Balaban J connectivity index is 3.24. The summed E-state index contributed by atoms with van der Waals surface area (Å²) in [6.45, 7) is 5.87. The molecule has 0 bridgehead atoms. The third-order valence-electron chi connectivity index (χ3n) is 1.18. The second-order valence-corrected chi connectivity index (χ2v) is 3.76. The summed E-state index contributed by atoms with van der Waals surface area (Å²) in [5.41, 5.74) is 1.22. The lowest BCUT2D eigenvalue weighted by Crippen LogP contribution is -1.93. The normalized spacial score (nSPS) is 10.8. The van der Waals surface area contributed by atoms with E-state index in [0.717, 1.165) is 12.2 Å². The number of hydrogen-bond acceptors (Lipinski definition) is 3. The molecule has 0 saturated carbocycles. The van der Waals surface area contributed by atoms with Gasteiger partial charge in [0, 0.05) is 17.3 Å². The average Bonchev–Trinajstić information content (AvgIpc) is 2.09. The van der Waals surface area contributed by atoms with Crippen LogP contribution in [0, 0.1) is 0 Å². The van der Waals surface area contributed by atoms with E-state index in [1.807, 2.05) is 31.4 Å². The number of nitrogens with one attached hydrogen (secondary N) is 1. The van der Waals surface area contributed by atoms with Crippen LogP contribution >= 0.6 is 24.2 Å². The SMILES string of the molecule is C=C(C)CCSNC=CC=CC=S. The number of allylic oxidation sites excluding steroid dienone is 4. The lowest BCUT2D eigenvalue weighted by atomic mass is 10.3. The van der Waals surface area contributed by atoms with Crippen LogP contribution in [0.3, 0.4) is 0 Å². The lowest BCUT2D eigenvalue weighted by molar-refractivity contribution is 1.12. The summed E-state index contributed by atoms with van der Waals surface area (Å²) in [5.74, 6) is 1.05. The van der Waals surface area contributed by atoms with Crippen molar-refractivity contribution < 1.29 is 0 Å². The minimum absolute atomic E-state index is 1.05. The smallest absolute Gasteiger partial charge is 0.0169 e. The second-order valence-electron chi connectivity index (χ2n) is 2.55. The van der Waals surface area contributed by atoms with Crippen molar-refractivity contribution in [3.63, 3.8) is 0 Å². The van der Waals surface area contributed by atoms with E-state index in [4.69, 9.17) is 0 Å². The maximum absolute atomic E-state index is 4.62. The van der Waals surface area contributed by atoms with Crippen LogP contribution in [0.1, 0.15) is 13.3 Å². The van der Waals surface area contributed by atoms with E-state index in [-0.39, 0.29) is 0 Å². The van der Waals surface area contributed by atoms with Crippen molar-refractivity contribution >= 4 is 29.5 Å². The van der Waals surface area contributed by atoms with E-state index in [0.29, 0.717) is 0 Å². The quantitative estimate of drug-likeness (QED) is 0.174. The molecule has 0 amide bonds. The van der Waals surface area contributed by atoms with Crippen LogP contribution in [0.15, 0.2) is 36.6 Å². The molecule has 0 heterocycles. The first kappa shape index (κ1) is 12.5. The minimum Gasteiger partial charge on any atom is -0.337 e. The summed E-state index contributed by atoms with van der Waals surface area (Å²) < 4.78 is 3.10. The van der Waals surface area contributed by atoms with Gasteiger partial charge in [-0.2, -0.15) is 0 Å². The van der Waals surface area contributed by atoms with Crippen molar-refractivity contribution in [2.45, 2.75) is 13.3 Å². The highest BCUT2D eigenvalue weighted by Gasteiger charge is 1.85. The standard InChI is InChI=1S/C10H15NS2/c1-10(2)6-9-13-11-7-4-3-5-8-12/h3-5,7-8,11H,1,6,9H2,2H3. The molecule has 0 atom stereocenters. The van der Waals surface area contributed by atoms with Crippen LogP contribution in [-0.4, -0.2) is 11.1 Å². The van der Waals surface area contributed by atoms with Crippen molar-refractivity contribution in [2.75, 3.05) is 5.75 Å². The highest BCUT2D eigenvalue weighted by atomic mass is 32.2. The summed E-state index contributed by atoms with van der Waals surface area (Å²) >= 11 is 6.29. The van der Waals surface area contributed by atoms with E-state index in [2.05, 4.69) is 23.5 Å². The summed E-state index contributed by atoms with van der Waals surface area (Å²) in [4.78, 5) is 0. The number of hydrogen-bond donors (Lipinski definition) is 1. The molecule has 0 aliphatic carbocycles. The molecule has 0 spiro atoms. The monoisotopic (exact) mass is 213 g/mol. The van der Waals surface area contributed by atoms with Crippen LogP contribution in [0.2, 0.25) is 0 Å². The van der Waals surface area contributed by atoms with Gasteiger partial charge < -0.3 is 4.72 Å². The Labute approximate surface area is 90.1 Å². The third-order valence-corrected chi connectivity index (χ3v) is 2.05. The zero-order chi connectivity index (χ0) is 9.94. The molecule has 1 nitrogen and oxygen atoms in total. The summed E-state index contributed by atoms with van der Waals surface area (Å²) in [7, 11) is 0. The van der Waals surface area contributed by atoms with Crippen LogP contribution in [0.25, 0.3) is 0 Å². The topological polar surface area (TPSA) is 12.0 Å². The summed E-state index contributed by atoms with van der Waals surface area (Å²) in [6, 6.07) is 0. The fourth-order valence-electron chi connectivity index (χ4n) is 0.537. The molecule has 0 radical (unpaired) electrons. The van der Waals surface area contributed by atoms with Crippen molar-refractivity contribution in [1.82, 2.24) is 4.72 Å². The highest BCUT2D eigenvalue weighted by Crippen LogP contribution is 2.02. The molecule has 0 unspecified atom stereocenters. The molecule has 0 aliphatic heterocycles. The molecule has 0 aromatic heterocycles. The van der Waals surface area contributed by atoms with Gasteiger partial charge in [-0.15, -0.1) is 6.58 Å². The first-order valence-corrected chi connectivity index (χ1v) is 5.51. The second kappa shape index (κ2) is 9.55. The van der Waals surface area contributed by atoms with Gasteiger partial charge in [0.25, 0.3) is 0 Å². The van der Waals surface area contributed by atoms with Gasteiger partial charge >= 0.3 is 0 Å². The zero-order valence-electron chi connectivity index (χ0n) is 7.82. The first-order valence-electron chi connectivity index (χ1n) is 4.06. The van der Waals surface area contributed by atoms with Crippen molar-refractivity contribution in [3.05, 3.63) is 36.6 Å². The maximum Gasteiger partial charge on any atom is 0.0169 e. The van der Waals surface area contributed by atoms with Gasteiger partial charge in [0.05, 0.1) is 0 Å². The zero-order valence-corrected chi connectivity index (χ0v) is 9.46. The van der Waals surface area contributed by atoms with Crippen LogP contribution < -0.4 is 4.72 Å². The van der Waals surface area contributed by atoms with E-state index in [1.165, 1.54) is 5.57 Å². The van der Waals surface area contributed by atoms with Crippen LogP contribution in [0.5, 0.6) is 0 Å². The van der Waals surface area contributed by atoms with Gasteiger partial charge in [0.1, 0.15) is 0 Å². The molecular weight excluding hydrogens is 198 g/mol. The Morgan fingerprint density at radius 3 is 2.85 bits per heavy atom. The predicted molar refractivity (Wildman–Crippen MR) is 67.0 cm³/mol. The molecule has 0 rings (SSSR count). The van der Waals surface area contributed by atoms with E-state index in [9.17, 15) is 0 Å². The first-order chi connectivity index (χ1) is 6.27. The minimum atomic E-state index is 1.05. The van der Waals surface area contributed by atoms with Gasteiger partial charge in [-0.05, 0) is 19.4 Å². The summed E-state index contributed by atoms with van der Waals surface area (Å²) in [6.07, 6.45) is 8.56. The van der Waals surface area contributed by atoms with Gasteiger partial charge in [0.15, 0.2) is 0 Å². The molecule has 0 saturated heterocycles. The molecule has 0 aromatic carbocycles. The molecule has 3 heteroatoms. The van der Waals surface area contributed by atoms with Crippen molar-refractivity contribution in [1.29, 1.82) is 0 Å². The van der Waals surface area contributed by atoms with Crippen LogP contribution in [-0.2, 0) is 0 Å².